The van der Waals surface area contributed by atoms with E-state index in [0.29, 0.717) is 5.57 Å². The lowest BCUT2D eigenvalue weighted by Crippen LogP contribution is -1.96. The van der Waals surface area contributed by atoms with Crippen LogP contribution in [0.4, 0.5) is 0 Å². The molecule has 0 amide bonds. The van der Waals surface area contributed by atoms with Gasteiger partial charge in [0.15, 0.2) is 5.78 Å². The van der Waals surface area contributed by atoms with Crippen LogP contribution < -0.4 is 0 Å². The first-order valence-electron chi connectivity index (χ1n) is 5.87. The number of carbonyl (C=O) groups excluding carboxylic acids is 1. The van der Waals surface area contributed by atoms with E-state index in [1.165, 1.54) is 0 Å². The summed E-state index contributed by atoms with van der Waals surface area (Å²) >= 11 is 0. The second kappa shape index (κ2) is 5.41. The summed E-state index contributed by atoms with van der Waals surface area (Å²) in [4.78, 5) is 15.7. The first-order chi connectivity index (χ1) is 8.68. The highest BCUT2D eigenvalue weighted by atomic mass is 16.1. The van der Waals surface area contributed by atoms with E-state index in [1.807, 2.05) is 49.4 Å². The molecule has 0 bridgehead atoms. The van der Waals surface area contributed by atoms with Gasteiger partial charge in [0, 0.05) is 18.0 Å². The van der Waals surface area contributed by atoms with Crippen molar-refractivity contribution in [1.29, 1.82) is 0 Å². The minimum absolute atomic E-state index is 0.0597. The van der Waals surface area contributed by atoms with Gasteiger partial charge in [-0.2, -0.15) is 0 Å². The molecule has 2 nitrogen and oxygen atoms in total. The van der Waals surface area contributed by atoms with E-state index in [1.54, 1.807) is 19.3 Å². The van der Waals surface area contributed by atoms with Crippen LogP contribution in [-0.2, 0) is 4.79 Å². The zero-order valence-corrected chi connectivity index (χ0v) is 10.6. The monoisotopic (exact) mass is 237 g/mol. The van der Waals surface area contributed by atoms with Crippen molar-refractivity contribution in [2.24, 2.45) is 0 Å². The zero-order valence-electron chi connectivity index (χ0n) is 10.6. The van der Waals surface area contributed by atoms with Crippen LogP contribution in [0.5, 0.6) is 0 Å². The van der Waals surface area contributed by atoms with Crippen molar-refractivity contribution in [3.05, 3.63) is 65.5 Å². The number of allylic oxidation sites excluding steroid dienone is 1. The maximum Gasteiger partial charge on any atom is 0.160 e. The Morgan fingerprint density at radius 2 is 1.78 bits per heavy atom. The quantitative estimate of drug-likeness (QED) is 0.764. The summed E-state index contributed by atoms with van der Waals surface area (Å²) in [5, 5.41) is 0. The van der Waals surface area contributed by atoms with Crippen molar-refractivity contribution in [1.82, 2.24) is 4.98 Å². The summed E-state index contributed by atoms with van der Waals surface area (Å²) in [7, 11) is 0. The Hall–Kier alpha value is -2.22. The molecule has 1 aromatic heterocycles. The number of Topliss-reactive ketones (excluding diaryl/α,β-unsaturated/α-hetero) is 1. The summed E-state index contributed by atoms with van der Waals surface area (Å²) in [5.41, 5.74) is 3.84. The van der Waals surface area contributed by atoms with Crippen molar-refractivity contribution >= 4 is 17.4 Å². The van der Waals surface area contributed by atoms with Crippen LogP contribution in [0.3, 0.4) is 0 Å². The Balaban J connectivity index is 2.50. The first kappa shape index (κ1) is 12.2. The molecular formula is C16H15NO. The van der Waals surface area contributed by atoms with Gasteiger partial charge in [0.05, 0.1) is 0 Å². The third-order valence-electron chi connectivity index (χ3n) is 2.86. The Bertz CT molecular complexity index is 585. The number of benzene rings is 1. The maximum atomic E-state index is 11.8. The minimum atomic E-state index is 0.0597. The average Bonchev–Trinajstić information content (AvgIpc) is 2.38. The fraction of sp³-hybridized carbons (Fsp3) is 0.125. The number of pyridine rings is 1. The molecule has 1 heterocycles. The Kier molecular flexibility index (Phi) is 3.68. The van der Waals surface area contributed by atoms with Crippen molar-refractivity contribution < 1.29 is 4.79 Å². The highest BCUT2D eigenvalue weighted by Gasteiger charge is 2.07. The molecule has 0 unspecified atom stereocenters. The summed E-state index contributed by atoms with van der Waals surface area (Å²) in [5.74, 6) is 0.0597. The van der Waals surface area contributed by atoms with Crippen LogP contribution >= 0.6 is 0 Å². The molecule has 0 aliphatic heterocycles. The number of ketones is 1. The number of hydrogen-bond donors (Lipinski definition) is 0. The van der Waals surface area contributed by atoms with Gasteiger partial charge < -0.3 is 0 Å². The Morgan fingerprint density at radius 3 is 2.39 bits per heavy atom. The number of carbonyl (C=O) groups is 1. The minimum Gasteiger partial charge on any atom is -0.294 e. The fourth-order valence-electron chi connectivity index (χ4n) is 1.82. The lowest BCUT2D eigenvalue weighted by molar-refractivity contribution is -0.111. The SMILES string of the molecule is CC(=O)/C(=C/c1ccccc1C)c1ccncc1. The number of hydrogen-bond acceptors (Lipinski definition) is 2. The number of nitrogens with zero attached hydrogens (tertiary/aromatic N) is 1. The van der Waals surface area contributed by atoms with Crippen LogP contribution in [0.2, 0.25) is 0 Å². The van der Waals surface area contributed by atoms with Gasteiger partial charge in [-0.3, -0.25) is 9.78 Å². The molecule has 0 atom stereocenters. The van der Waals surface area contributed by atoms with Gasteiger partial charge in [-0.05, 0) is 48.7 Å². The molecule has 1 aromatic carbocycles. The Labute approximate surface area is 107 Å². The lowest BCUT2D eigenvalue weighted by atomic mass is 9.99. The van der Waals surface area contributed by atoms with E-state index in [4.69, 9.17) is 0 Å². The van der Waals surface area contributed by atoms with Crippen LogP contribution in [0, 0.1) is 6.92 Å². The van der Waals surface area contributed by atoms with Gasteiger partial charge in [0.25, 0.3) is 0 Å². The van der Waals surface area contributed by atoms with Crippen molar-refractivity contribution in [2.75, 3.05) is 0 Å². The van der Waals surface area contributed by atoms with Gasteiger partial charge in [0.1, 0.15) is 0 Å². The van der Waals surface area contributed by atoms with Gasteiger partial charge >= 0.3 is 0 Å². The van der Waals surface area contributed by atoms with Gasteiger partial charge in [0.2, 0.25) is 0 Å². The fourth-order valence-corrected chi connectivity index (χ4v) is 1.82. The van der Waals surface area contributed by atoms with Gasteiger partial charge in [-0.25, -0.2) is 0 Å². The highest BCUT2D eigenvalue weighted by molar-refractivity contribution is 6.24. The van der Waals surface area contributed by atoms with E-state index >= 15 is 0 Å². The summed E-state index contributed by atoms with van der Waals surface area (Å²) in [6.07, 6.45) is 5.33. The molecule has 0 radical (unpaired) electrons. The second-order valence-corrected chi connectivity index (χ2v) is 4.21. The molecule has 0 saturated heterocycles. The maximum absolute atomic E-state index is 11.8. The van der Waals surface area contributed by atoms with E-state index < -0.39 is 0 Å². The third kappa shape index (κ3) is 2.72. The van der Waals surface area contributed by atoms with E-state index in [9.17, 15) is 4.79 Å². The van der Waals surface area contributed by atoms with Crippen LogP contribution in [0.15, 0.2) is 48.8 Å². The number of aryl methyl sites for hydroxylation is 1. The van der Waals surface area contributed by atoms with Crippen LogP contribution in [-0.4, -0.2) is 10.8 Å². The van der Waals surface area contributed by atoms with Gasteiger partial charge in [-0.15, -0.1) is 0 Å². The normalized spacial score (nSPS) is 11.3. The van der Waals surface area contributed by atoms with Crippen LogP contribution in [0.1, 0.15) is 23.6 Å². The molecule has 0 aliphatic rings. The highest BCUT2D eigenvalue weighted by Crippen LogP contribution is 2.20. The standard InChI is InChI=1S/C16H15NO/c1-12-5-3-4-6-15(12)11-16(13(2)18)14-7-9-17-10-8-14/h3-11H,1-2H3/b16-11-. The molecule has 0 aliphatic carbocycles. The van der Waals surface area contributed by atoms with Crippen molar-refractivity contribution in [3.8, 4) is 0 Å². The summed E-state index contributed by atoms with van der Waals surface area (Å²) in [6, 6.07) is 11.7. The molecule has 0 spiro atoms. The van der Waals surface area contributed by atoms with E-state index in [0.717, 1.165) is 16.7 Å². The lowest BCUT2D eigenvalue weighted by Gasteiger charge is -2.05. The molecule has 90 valence electrons. The molecule has 0 fully saturated rings. The predicted octanol–water partition coefficient (Wildman–Crippen LogP) is 3.52. The largest absolute Gasteiger partial charge is 0.294 e. The van der Waals surface area contributed by atoms with E-state index in [-0.39, 0.29) is 5.78 Å². The first-order valence-corrected chi connectivity index (χ1v) is 5.87. The van der Waals surface area contributed by atoms with Crippen molar-refractivity contribution in [3.63, 3.8) is 0 Å². The molecule has 0 N–H and O–H groups in total. The Morgan fingerprint density at radius 1 is 1.11 bits per heavy atom. The average molecular weight is 237 g/mol. The zero-order chi connectivity index (χ0) is 13.0. The number of rotatable bonds is 3. The molecule has 18 heavy (non-hydrogen) atoms. The molecule has 0 saturated carbocycles. The molecule has 2 heteroatoms. The van der Waals surface area contributed by atoms with Crippen molar-refractivity contribution in [2.45, 2.75) is 13.8 Å². The third-order valence-corrected chi connectivity index (χ3v) is 2.86. The predicted molar refractivity (Wildman–Crippen MR) is 74.0 cm³/mol. The summed E-state index contributed by atoms with van der Waals surface area (Å²) < 4.78 is 0. The second-order valence-electron chi connectivity index (χ2n) is 4.21. The molecule has 2 rings (SSSR count). The molecular weight excluding hydrogens is 222 g/mol. The van der Waals surface area contributed by atoms with E-state index in [2.05, 4.69) is 4.98 Å². The van der Waals surface area contributed by atoms with Gasteiger partial charge in [-0.1, -0.05) is 24.3 Å². The number of aromatic nitrogens is 1. The van der Waals surface area contributed by atoms with Crippen LogP contribution in [0.25, 0.3) is 11.6 Å². The molecule has 2 aromatic rings. The smallest absolute Gasteiger partial charge is 0.160 e. The topological polar surface area (TPSA) is 30.0 Å². The summed E-state index contributed by atoms with van der Waals surface area (Å²) in [6.45, 7) is 3.63.